The third-order valence-corrected chi connectivity index (χ3v) is 9.61. The summed E-state index contributed by atoms with van der Waals surface area (Å²) < 4.78 is 12.5. The van der Waals surface area contributed by atoms with Crippen molar-refractivity contribution in [3.8, 4) is 11.5 Å². The molecule has 2 aromatic carbocycles. The van der Waals surface area contributed by atoms with Gasteiger partial charge in [-0.05, 0) is 61.4 Å². The Morgan fingerprint density at radius 1 is 1.22 bits per heavy atom. The van der Waals surface area contributed by atoms with Gasteiger partial charge in [0.25, 0.3) is 0 Å². The molecular formula is C34H40N2O5. The molecule has 41 heavy (non-hydrogen) atoms. The van der Waals surface area contributed by atoms with Crippen molar-refractivity contribution >= 4 is 18.0 Å². The van der Waals surface area contributed by atoms with E-state index in [9.17, 15) is 14.7 Å². The number of rotatable bonds is 8. The Morgan fingerprint density at radius 2 is 2.00 bits per heavy atom. The van der Waals surface area contributed by atoms with Crippen LogP contribution in [0.3, 0.4) is 0 Å². The SMILES string of the molecule is C=CCN1CC[C@]23c4c5ccc(OC(C)=O)c4OC2C(N(CC(C)C)C(=O)/C=C/c2ccccc2)CC[C@@]3(O)[C@H]1C5. The first-order valence-electron chi connectivity index (χ1n) is 14.8. The molecule has 2 unspecified atom stereocenters. The predicted molar refractivity (Wildman–Crippen MR) is 158 cm³/mol. The van der Waals surface area contributed by atoms with Crippen molar-refractivity contribution in [2.75, 3.05) is 19.6 Å². The van der Waals surface area contributed by atoms with Crippen LogP contribution in [0.15, 0.2) is 61.2 Å². The van der Waals surface area contributed by atoms with E-state index >= 15 is 0 Å². The van der Waals surface area contributed by atoms with Crippen molar-refractivity contribution in [2.24, 2.45) is 5.92 Å². The Labute approximate surface area is 242 Å². The number of carbonyl (C=O) groups is 2. The van der Waals surface area contributed by atoms with Crippen molar-refractivity contribution in [3.63, 3.8) is 0 Å². The molecule has 4 aliphatic rings. The molecule has 1 N–H and O–H groups in total. The topological polar surface area (TPSA) is 79.3 Å². The lowest BCUT2D eigenvalue weighted by atomic mass is 9.48. The average molecular weight is 557 g/mol. The summed E-state index contributed by atoms with van der Waals surface area (Å²) >= 11 is 0. The Balaban J connectivity index is 1.45. The molecule has 1 saturated carbocycles. The summed E-state index contributed by atoms with van der Waals surface area (Å²) in [7, 11) is 0. The fourth-order valence-corrected chi connectivity index (χ4v) is 8.14. The summed E-state index contributed by atoms with van der Waals surface area (Å²) in [4.78, 5) is 30.3. The molecule has 1 amide bonds. The van der Waals surface area contributed by atoms with Crippen LogP contribution in [0.2, 0.25) is 0 Å². The largest absolute Gasteiger partial charge is 0.483 e. The molecule has 2 bridgehead atoms. The second-order valence-electron chi connectivity index (χ2n) is 12.4. The van der Waals surface area contributed by atoms with E-state index in [1.807, 2.05) is 59.5 Å². The van der Waals surface area contributed by atoms with Crippen LogP contribution in [0, 0.1) is 5.92 Å². The monoisotopic (exact) mass is 556 g/mol. The number of hydrogen-bond acceptors (Lipinski definition) is 6. The first-order chi connectivity index (χ1) is 19.7. The van der Waals surface area contributed by atoms with E-state index in [0.717, 1.165) is 23.2 Å². The lowest BCUT2D eigenvalue weighted by Crippen LogP contribution is -2.78. The molecule has 0 radical (unpaired) electrons. The van der Waals surface area contributed by atoms with E-state index in [1.54, 1.807) is 6.08 Å². The number of aliphatic hydroxyl groups is 1. The van der Waals surface area contributed by atoms with Gasteiger partial charge in [-0.15, -0.1) is 6.58 Å². The molecule has 0 aromatic heterocycles. The van der Waals surface area contributed by atoms with Gasteiger partial charge in [0.2, 0.25) is 5.91 Å². The highest BCUT2D eigenvalue weighted by atomic mass is 16.6. The minimum atomic E-state index is -1.05. The first kappa shape index (κ1) is 27.7. The van der Waals surface area contributed by atoms with Crippen LogP contribution in [0.5, 0.6) is 11.5 Å². The molecule has 2 aliphatic carbocycles. The summed E-state index contributed by atoms with van der Waals surface area (Å²) in [5.74, 6) is 0.707. The maximum absolute atomic E-state index is 13.9. The van der Waals surface area contributed by atoms with Crippen LogP contribution in [0.1, 0.15) is 56.7 Å². The Kier molecular flexibility index (Phi) is 7.07. The number of benzene rings is 2. The average Bonchev–Trinajstić information content (AvgIpc) is 3.29. The highest BCUT2D eigenvalue weighted by Crippen LogP contribution is 2.66. The maximum Gasteiger partial charge on any atom is 0.308 e. The quantitative estimate of drug-likeness (QED) is 0.223. The predicted octanol–water partition coefficient (Wildman–Crippen LogP) is 4.52. The third kappa shape index (κ3) is 4.32. The Bertz CT molecular complexity index is 1390. The fourth-order valence-electron chi connectivity index (χ4n) is 8.14. The zero-order valence-electron chi connectivity index (χ0n) is 24.2. The zero-order valence-corrected chi connectivity index (χ0v) is 24.2. The number of amides is 1. The van der Waals surface area contributed by atoms with Gasteiger partial charge in [-0.1, -0.05) is 56.3 Å². The Morgan fingerprint density at radius 3 is 2.71 bits per heavy atom. The molecule has 1 saturated heterocycles. The van der Waals surface area contributed by atoms with E-state index in [-0.39, 0.29) is 23.9 Å². The summed E-state index contributed by atoms with van der Waals surface area (Å²) in [6.45, 7) is 11.6. The van der Waals surface area contributed by atoms with Gasteiger partial charge in [-0.3, -0.25) is 14.5 Å². The summed E-state index contributed by atoms with van der Waals surface area (Å²) in [6.07, 6.45) is 7.49. The normalized spacial score (nSPS) is 29.6. The highest BCUT2D eigenvalue weighted by molar-refractivity contribution is 5.92. The second kappa shape index (κ2) is 10.4. The van der Waals surface area contributed by atoms with E-state index in [4.69, 9.17) is 9.47 Å². The van der Waals surface area contributed by atoms with Gasteiger partial charge in [0.15, 0.2) is 11.5 Å². The standard InChI is InChI=1S/C34H40N2O5/c1-5-18-35-19-17-33-30-25-12-13-27(40-23(4)37)31(30)41-32(33)26(15-16-34(33,39)28(35)20-25)36(21-22(2)3)29(38)14-11-24-9-7-6-8-10-24/h5-14,22,26,28,32,39H,1,15-21H2,2-4H3/b14-11+/t26?,28-,32?,33+,34-/m1/s1. The second-order valence-corrected chi connectivity index (χ2v) is 12.4. The van der Waals surface area contributed by atoms with Crippen molar-refractivity contribution < 1.29 is 24.2 Å². The van der Waals surface area contributed by atoms with E-state index in [1.165, 1.54) is 6.92 Å². The molecule has 1 spiro atoms. The Hall–Kier alpha value is -3.42. The van der Waals surface area contributed by atoms with E-state index in [2.05, 4.69) is 25.3 Å². The van der Waals surface area contributed by atoms with Crippen LogP contribution in [-0.4, -0.2) is 70.2 Å². The number of nitrogens with zero attached hydrogens (tertiary/aromatic N) is 2. The lowest BCUT2D eigenvalue weighted by molar-refractivity contribution is -0.199. The smallest absolute Gasteiger partial charge is 0.308 e. The van der Waals surface area contributed by atoms with Crippen molar-refractivity contribution in [3.05, 3.63) is 77.9 Å². The molecule has 2 aliphatic heterocycles. The fraction of sp³-hybridized carbons (Fsp3) is 0.471. The van der Waals surface area contributed by atoms with Gasteiger partial charge in [-0.25, -0.2) is 0 Å². The van der Waals surface area contributed by atoms with Crippen molar-refractivity contribution in [1.82, 2.24) is 9.80 Å². The molecule has 7 heteroatoms. The third-order valence-electron chi connectivity index (χ3n) is 9.61. The van der Waals surface area contributed by atoms with Gasteiger partial charge in [0, 0.05) is 37.7 Å². The van der Waals surface area contributed by atoms with Gasteiger partial charge >= 0.3 is 5.97 Å². The minimum Gasteiger partial charge on any atom is -0.483 e. The molecule has 6 rings (SSSR count). The number of ether oxygens (including phenoxy) is 2. The van der Waals surface area contributed by atoms with Crippen LogP contribution in [-0.2, 0) is 21.4 Å². The number of carbonyl (C=O) groups excluding carboxylic acids is 2. The number of likely N-dealkylation sites (tertiary alicyclic amines) is 1. The number of piperidine rings is 1. The summed E-state index contributed by atoms with van der Waals surface area (Å²) in [6, 6.07) is 13.3. The lowest BCUT2D eigenvalue weighted by Gasteiger charge is -2.64. The maximum atomic E-state index is 13.9. The molecule has 2 heterocycles. The van der Waals surface area contributed by atoms with Gasteiger partial charge < -0.3 is 19.5 Å². The van der Waals surface area contributed by atoms with Crippen LogP contribution in [0.4, 0.5) is 0 Å². The zero-order chi connectivity index (χ0) is 28.9. The molecule has 216 valence electrons. The van der Waals surface area contributed by atoms with Crippen LogP contribution in [0.25, 0.3) is 6.08 Å². The van der Waals surface area contributed by atoms with Crippen molar-refractivity contribution in [1.29, 1.82) is 0 Å². The van der Waals surface area contributed by atoms with Crippen molar-refractivity contribution in [2.45, 2.75) is 75.7 Å². The summed E-state index contributed by atoms with van der Waals surface area (Å²) in [5, 5.41) is 12.8. The van der Waals surface area contributed by atoms with Gasteiger partial charge in [0.05, 0.1) is 17.1 Å². The number of hydrogen-bond donors (Lipinski definition) is 1. The summed E-state index contributed by atoms with van der Waals surface area (Å²) in [5.41, 5.74) is 1.30. The van der Waals surface area contributed by atoms with E-state index < -0.39 is 23.1 Å². The molecule has 2 fully saturated rings. The van der Waals surface area contributed by atoms with Gasteiger partial charge in [0.1, 0.15) is 6.10 Å². The molecular weight excluding hydrogens is 516 g/mol. The minimum absolute atomic E-state index is 0.0640. The van der Waals surface area contributed by atoms with Crippen LogP contribution >= 0.6 is 0 Å². The number of esters is 1. The first-order valence-corrected chi connectivity index (χ1v) is 14.8. The van der Waals surface area contributed by atoms with Gasteiger partial charge in [-0.2, -0.15) is 0 Å². The van der Waals surface area contributed by atoms with E-state index in [0.29, 0.717) is 50.3 Å². The molecule has 7 nitrogen and oxygen atoms in total. The molecule has 5 atom stereocenters. The van der Waals surface area contributed by atoms with Crippen LogP contribution < -0.4 is 9.47 Å². The molecule has 2 aromatic rings. The highest BCUT2D eigenvalue weighted by Gasteiger charge is 2.73.